The van der Waals surface area contributed by atoms with E-state index in [2.05, 4.69) is 9.97 Å². The largest absolute Gasteiger partial charge is 0.445 e. The average Bonchev–Trinajstić information content (AvgIpc) is 3.34. The van der Waals surface area contributed by atoms with E-state index in [1.807, 2.05) is 29.2 Å². The summed E-state index contributed by atoms with van der Waals surface area (Å²) in [6, 6.07) is 7.74. The van der Waals surface area contributed by atoms with Gasteiger partial charge in [0.1, 0.15) is 12.3 Å². The molecule has 0 bridgehead atoms. The van der Waals surface area contributed by atoms with Crippen molar-refractivity contribution in [2.24, 2.45) is 0 Å². The van der Waals surface area contributed by atoms with Crippen molar-refractivity contribution >= 4 is 17.5 Å². The number of nitrogens with zero attached hydrogens (tertiary/aromatic N) is 4. The second-order valence-electron chi connectivity index (χ2n) is 6.89. The quantitative estimate of drug-likeness (QED) is 0.675. The lowest BCUT2D eigenvalue weighted by atomic mass is 9.98. The summed E-state index contributed by atoms with van der Waals surface area (Å²) in [5, 5.41) is 0.714. The number of imidazole rings is 1. The maximum atomic E-state index is 12.5. The molecule has 27 heavy (non-hydrogen) atoms. The van der Waals surface area contributed by atoms with Gasteiger partial charge in [-0.25, -0.2) is 9.97 Å². The molecule has 2 aromatic heterocycles. The molecule has 0 aliphatic carbocycles. The Hall–Kier alpha value is -2.60. The molecule has 3 aromatic rings. The van der Waals surface area contributed by atoms with Gasteiger partial charge in [0, 0.05) is 36.9 Å². The summed E-state index contributed by atoms with van der Waals surface area (Å²) in [6.45, 7) is 1.74. The van der Waals surface area contributed by atoms with Crippen LogP contribution in [-0.4, -0.2) is 38.4 Å². The van der Waals surface area contributed by atoms with Crippen LogP contribution in [0.1, 0.15) is 36.0 Å². The minimum atomic E-state index is 0.100. The van der Waals surface area contributed by atoms with Crippen LogP contribution < -0.4 is 0 Å². The van der Waals surface area contributed by atoms with Crippen molar-refractivity contribution in [1.29, 1.82) is 0 Å². The van der Waals surface area contributed by atoms with Crippen LogP contribution in [0.2, 0.25) is 5.02 Å². The first-order valence-electron chi connectivity index (χ1n) is 9.10. The van der Waals surface area contributed by atoms with Crippen molar-refractivity contribution < 1.29 is 9.21 Å². The highest BCUT2D eigenvalue weighted by Gasteiger charge is 2.27. The van der Waals surface area contributed by atoms with E-state index in [1.54, 1.807) is 29.5 Å². The molecule has 3 heterocycles. The first kappa shape index (κ1) is 17.8. The highest BCUT2D eigenvalue weighted by molar-refractivity contribution is 6.30. The zero-order valence-corrected chi connectivity index (χ0v) is 15.7. The van der Waals surface area contributed by atoms with Gasteiger partial charge < -0.3 is 13.9 Å². The minimum Gasteiger partial charge on any atom is -0.445 e. The molecule has 1 aliphatic heterocycles. The van der Waals surface area contributed by atoms with Gasteiger partial charge in [0.15, 0.2) is 5.89 Å². The SMILES string of the molecule is O=C(Cn1ccnc1)N1CCCC(c2ncc(Cc3cccc(Cl)c3)o2)C1. The Morgan fingerprint density at radius 1 is 1.37 bits per heavy atom. The maximum Gasteiger partial charge on any atom is 0.242 e. The highest BCUT2D eigenvalue weighted by atomic mass is 35.5. The molecule has 1 amide bonds. The van der Waals surface area contributed by atoms with Crippen molar-refractivity contribution in [1.82, 2.24) is 19.4 Å². The highest BCUT2D eigenvalue weighted by Crippen LogP contribution is 2.27. The van der Waals surface area contributed by atoms with Gasteiger partial charge in [-0.05, 0) is 30.5 Å². The number of benzene rings is 1. The summed E-state index contributed by atoms with van der Waals surface area (Å²) in [4.78, 5) is 22.9. The van der Waals surface area contributed by atoms with Crippen LogP contribution in [0, 0.1) is 0 Å². The van der Waals surface area contributed by atoms with Crippen molar-refractivity contribution in [2.75, 3.05) is 13.1 Å². The van der Waals surface area contributed by atoms with Crippen molar-refractivity contribution in [3.63, 3.8) is 0 Å². The molecule has 1 aromatic carbocycles. The van der Waals surface area contributed by atoms with E-state index in [0.29, 0.717) is 30.4 Å². The van der Waals surface area contributed by atoms with Crippen LogP contribution in [0.4, 0.5) is 0 Å². The van der Waals surface area contributed by atoms with Crippen molar-refractivity contribution in [2.45, 2.75) is 31.7 Å². The van der Waals surface area contributed by atoms with E-state index in [0.717, 1.165) is 30.7 Å². The van der Waals surface area contributed by atoms with Crippen molar-refractivity contribution in [3.8, 4) is 0 Å². The third-order valence-electron chi connectivity index (χ3n) is 4.84. The Kier molecular flexibility index (Phi) is 5.25. The second-order valence-corrected chi connectivity index (χ2v) is 7.32. The molecule has 6 nitrogen and oxygen atoms in total. The summed E-state index contributed by atoms with van der Waals surface area (Å²) in [5.74, 6) is 1.77. The standard InChI is InChI=1S/C20H21ClN4O2/c21-17-5-1-3-15(9-17)10-18-11-23-20(27-18)16-4-2-7-25(12-16)19(26)13-24-8-6-22-14-24/h1,3,5-6,8-9,11,14,16H,2,4,7,10,12-13H2. The van der Waals surface area contributed by atoms with Crippen LogP contribution >= 0.6 is 11.6 Å². The number of likely N-dealkylation sites (tertiary alicyclic amines) is 1. The number of oxazole rings is 1. The van der Waals surface area contributed by atoms with Gasteiger partial charge in [0.2, 0.25) is 5.91 Å². The molecule has 1 atom stereocenters. The summed E-state index contributed by atoms with van der Waals surface area (Å²) >= 11 is 6.05. The Morgan fingerprint density at radius 3 is 3.11 bits per heavy atom. The predicted octanol–water partition coefficient (Wildman–Crippen LogP) is 3.52. The van der Waals surface area contributed by atoms with Gasteiger partial charge in [-0.15, -0.1) is 0 Å². The van der Waals surface area contributed by atoms with E-state index in [4.69, 9.17) is 16.0 Å². The number of aromatic nitrogens is 3. The maximum absolute atomic E-state index is 12.5. The first-order chi connectivity index (χ1) is 13.2. The monoisotopic (exact) mass is 384 g/mol. The predicted molar refractivity (Wildman–Crippen MR) is 102 cm³/mol. The first-order valence-corrected chi connectivity index (χ1v) is 9.48. The summed E-state index contributed by atoms with van der Waals surface area (Å²) < 4.78 is 7.79. The minimum absolute atomic E-state index is 0.100. The number of rotatable bonds is 5. The molecule has 1 fully saturated rings. The molecule has 140 valence electrons. The molecule has 0 saturated carbocycles. The number of hydrogen-bond acceptors (Lipinski definition) is 4. The lowest BCUT2D eigenvalue weighted by molar-refractivity contribution is -0.133. The van der Waals surface area contributed by atoms with Gasteiger partial charge in [0.25, 0.3) is 0 Å². The van der Waals surface area contributed by atoms with Crippen LogP contribution in [0.25, 0.3) is 0 Å². The molecule has 1 aliphatic rings. The fourth-order valence-electron chi connectivity index (χ4n) is 3.48. The molecule has 4 rings (SSSR count). The molecular weight excluding hydrogens is 364 g/mol. The third-order valence-corrected chi connectivity index (χ3v) is 5.07. The number of carbonyl (C=O) groups is 1. The van der Waals surface area contributed by atoms with Crippen LogP contribution in [-0.2, 0) is 17.8 Å². The van der Waals surface area contributed by atoms with E-state index < -0.39 is 0 Å². The summed E-state index contributed by atoms with van der Waals surface area (Å²) in [5.41, 5.74) is 1.09. The molecule has 0 spiro atoms. The second kappa shape index (κ2) is 7.96. The zero-order chi connectivity index (χ0) is 18.6. The van der Waals surface area contributed by atoms with Gasteiger partial charge in [-0.1, -0.05) is 23.7 Å². The van der Waals surface area contributed by atoms with Gasteiger partial charge in [-0.3, -0.25) is 4.79 Å². The number of halogens is 1. The summed E-state index contributed by atoms with van der Waals surface area (Å²) in [6.07, 6.45) is 9.51. The van der Waals surface area contributed by atoms with Crippen molar-refractivity contribution in [3.05, 3.63) is 71.4 Å². The van der Waals surface area contributed by atoms with Gasteiger partial charge >= 0.3 is 0 Å². The van der Waals surface area contributed by atoms with Gasteiger partial charge in [-0.2, -0.15) is 0 Å². The van der Waals surface area contributed by atoms with Crippen LogP contribution in [0.15, 0.2) is 53.6 Å². The molecule has 7 heteroatoms. The molecular formula is C20H21ClN4O2. The zero-order valence-electron chi connectivity index (χ0n) is 14.9. The Morgan fingerprint density at radius 2 is 2.30 bits per heavy atom. The fraction of sp³-hybridized carbons (Fsp3) is 0.350. The lowest BCUT2D eigenvalue weighted by Crippen LogP contribution is -2.40. The Labute approximate surface area is 162 Å². The average molecular weight is 385 g/mol. The molecule has 1 unspecified atom stereocenters. The molecule has 1 saturated heterocycles. The third kappa shape index (κ3) is 4.39. The normalized spacial score (nSPS) is 17.2. The number of piperidine rings is 1. The van der Waals surface area contributed by atoms with Crippen LogP contribution in [0.5, 0.6) is 0 Å². The lowest BCUT2D eigenvalue weighted by Gasteiger charge is -2.31. The summed E-state index contributed by atoms with van der Waals surface area (Å²) in [7, 11) is 0. The number of hydrogen-bond donors (Lipinski definition) is 0. The molecule has 0 N–H and O–H groups in total. The number of amides is 1. The number of carbonyl (C=O) groups excluding carboxylic acids is 1. The van der Waals surface area contributed by atoms with E-state index >= 15 is 0 Å². The smallest absolute Gasteiger partial charge is 0.242 e. The fourth-order valence-corrected chi connectivity index (χ4v) is 3.70. The van der Waals surface area contributed by atoms with Crippen LogP contribution in [0.3, 0.4) is 0 Å². The Bertz CT molecular complexity index is 906. The topological polar surface area (TPSA) is 64.2 Å². The van der Waals surface area contributed by atoms with E-state index in [-0.39, 0.29) is 11.8 Å². The van der Waals surface area contributed by atoms with Gasteiger partial charge in [0.05, 0.1) is 18.4 Å². The molecule has 0 radical (unpaired) electrons. The Balaban J connectivity index is 1.39. The van der Waals surface area contributed by atoms with E-state index in [9.17, 15) is 4.79 Å². The van der Waals surface area contributed by atoms with E-state index in [1.165, 1.54) is 0 Å².